The zero-order valence-corrected chi connectivity index (χ0v) is 20.8. The van der Waals surface area contributed by atoms with Crippen LogP contribution < -0.4 is 10.9 Å². The predicted octanol–water partition coefficient (Wildman–Crippen LogP) is 3.15. The average molecular weight is 491 g/mol. The van der Waals surface area contributed by atoms with Crippen LogP contribution in [0.2, 0.25) is 0 Å². The Bertz CT molecular complexity index is 1450. The number of aromatic nitrogens is 7. The molecule has 10 nitrogen and oxygen atoms in total. The van der Waals surface area contributed by atoms with Crippen molar-refractivity contribution in [3.63, 3.8) is 0 Å². The van der Waals surface area contributed by atoms with Crippen LogP contribution in [-0.2, 0) is 17.7 Å². The number of hydrogen-bond acceptors (Lipinski definition) is 9. The van der Waals surface area contributed by atoms with Crippen molar-refractivity contribution in [3.8, 4) is 11.4 Å². The summed E-state index contributed by atoms with van der Waals surface area (Å²) in [7, 11) is 0. The van der Waals surface area contributed by atoms with Gasteiger partial charge < -0.3 is 9.87 Å². The number of nitrogens with zero attached hydrogens (tertiary/aromatic N) is 7. The summed E-state index contributed by atoms with van der Waals surface area (Å²) in [5, 5.41) is 3.09. The summed E-state index contributed by atoms with van der Waals surface area (Å²) in [5.41, 5.74) is 4.03. The molecule has 1 aliphatic rings. The lowest BCUT2D eigenvalue weighted by Crippen LogP contribution is -2.27. The molecule has 1 unspecified atom stereocenters. The Balaban J connectivity index is 1.53. The van der Waals surface area contributed by atoms with Crippen molar-refractivity contribution in [2.24, 2.45) is 0 Å². The summed E-state index contributed by atoms with van der Waals surface area (Å²) in [5.74, 6) is 1.11. The van der Waals surface area contributed by atoms with Crippen molar-refractivity contribution in [2.75, 3.05) is 11.6 Å². The van der Waals surface area contributed by atoms with Crippen LogP contribution in [0.1, 0.15) is 55.7 Å². The molecule has 4 aromatic rings. The van der Waals surface area contributed by atoms with E-state index in [0.29, 0.717) is 40.0 Å². The maximum atomic E-state index is 13.4. The molecule has 180 valence electrons. The van der Waals surface area contributed by atoms with Gasteiger partial charge in [-0.1, -0.05) is 0 Å². The summed E-state index contributed by atoms with van der Waals surface area (Å²) in [6.07, 6.45) is 8.61. The first-order valence-electron chi connectivity index (χ1n) is 11.5. The summed E-state index contributed by atoms with van der Waals surface area (Å²) in [6, 6.07) is 3.40. The number of anilines is 1. The SMILES string of the molecule is Cc1ncnc(C2CC2)c1-c1ncc2nc(NCc3ccc([S+](C)[O-])cn3)c(=O)n(C(C)C)c2n1. The molecule has 1 saturated carbocycles. The molecule has 0 amide bonds. The minimum atomic E-state index is -1.09. The molecule has 4 aromatic heterocycles. The van der Waals surface area contributed by atoms with Gasteiger partial charge in [-0.05, 0) is 56.9 Å². The van der Waals surface area contributed by atoms with Crippen molar-refractivity contribution < 1.29 is 4.55 Å². The largest absolute Gasteiger partial charge is 0.612 e. The predicted molar refractivity (Wildman–Crippen MR) is 134 cm³/mol. The van der Waals surface area contributed by atoms with Gasteiger partial charge in [0.1, 0.15) is 18.1 Å². The van der Waals surface area contributed by atoms with Gasteiger partial charge in [-0.2, -0.15) is 0 Å². The van der Waals surface area contributed by atoms with Crippen LogP contribution in [0.25, 0.3) is 22.6 Å². The van der Waals surface area contributed by atoms with Gasteiger partial charge in [-0.15, -0.1) is 0 Å². The van der Waals surface area contributed by atoms with E-state index in [0.717, 1.165) is 29.8 Å². The zero-order valence-electron chi connectivity index (χ0n) is 20.0. The fourth-order valence-corrected chi connectivity index (χ4v) is 4.47. The van der Waals surface area contributed by atoms with Gasteiger partial charge in [-0.25, -0.2) is 24.9 Å². The normalized spacial score (nSPS) is 14.5. The summed E-state index contributed by atoms with van der Waals surface area (Å²) in [6.45, 7) is 6.09. The van der Waals surface area contributed by atoms with Crippen molar-refractivity contribution >= 4 is 28.2 Å². The fourth-order valence-electron chi connectivity index (χ4n) is 4.01. The van der Waals surface area contributed by atoms with E-state index in [1.54, 1.807) is 41.7 Å². The highest BCUT2D eigenvalue weighted by Gasteiger charge is 2.30. The number of fused-ring (bicyclic) bond motifs is 1. The van der Waals surface area contributed by atoms with Crippen molar-refractivity contribution in [2.45, 2.75) is 57.0 Å². The lowest BCUT2D eigenvalue weighted by atomic mass is 10.1. The lowest BCUT2D eigenvalue weighted by Gasteiger charge is -2.16. The van der Waals surface area contributed by atoms with E-state index >= 15 is 0 Å². The molecule has 11 heteroatoms. The highest BCUT2D eigenvalue weighted by Crippen LogP contribution is 2.43. The number of pyridine rings is 1. The van der Waals surface area contributed by atoms with E-state index in [9.17, 15) is 9.35 Å². The van der Waals surface area contributed by atoms with Gasteiger partial charge in [0.2, 0.25) is 0 Å². The zero-order chi connectivity index (χ0) is 24.7. The second-order valence-electron chi connectivity index (χ2n) is 8.92. The number of nitrogens with one attached hydrogen (secondary N) is 1. The third-order valence-electron chi connectivity index (χ3n) is 5.97. The van der Waals surface area contributed by atoms with Crippen LogP contribution in [0, 0.1) is 6.92 Å². The Morgan fingerprint density at radius 1 is 1.14 bits per heavy atom. The number of aryl methyl sites for hydroxylation is 1. The van der Waals surface area contributed by atoms with Gasteiger partial charge >= 0.3 is 0 Å². The smallest absolute Gasteiger partial charge is 0.295 e. The molecular formula is C24H26N8O2S. The molecule has 0 radical (unpaired) electrons. The molecule has 4 heterocycles. The molecular weight excluding hydrogens is 464 g/mol. The average Bonchev–Trinajstić information content (AvgIpc) is 3.68. The molecule has 0 saturated heterocycles. The highest BCUT2D eigenvalue weighted by atomic mass is 32.2. The molecule has 0 spiro atoms. The Kier molecular flexibility index (Phi) is 6.20. The molecule has 0 bridgehead atoms. The van der Waals surface area contributed by atoms with Gasteiger partial charge in [0.25, 0.3) is 5.56 Å². The molecule has 35 heavy (non-hydrogen) atoms. The maximum Gasteiger partial charge on any atom is 0.295 e. The Labute approximate surface area is 205 Å². The Hall–Kier alpha value is -3.44. The minimum Gasteiger partial charge on any atom is -0.612 e. The van der Waals surface area contributed by atoms with E-state index in [2.05, 4.69) is 30.2 Å². The van der Waals surface area contributed by atoms with E-state index in [1.165, 1.54) is 0 Å². The molecule has 5 rings (SSSR count). The summed E-state index contributed by atoms with van der Waals surface area (Å²) < 4.78 is 13.2. The van der Waals surface area contributed by atoms with Crippen LogP contribution in [0.15, 0.2) is 40.5 Å². The van der Waals surface area contributed by atoms with Crippen LogP contribution in [-0.4, -0.2) is 45.3 Å². The molecule has 0 aliphatic heterocycles. The standard InChI is InChI=1S/C24H26N8O2S/c1-13(2)32-23-18(11-27-21(31-23)19-14(3)28-12-29-20(19)15-5-6-15)30-22(24(32)33)26-9-16-7-8-17(10-25-16)35(4)34/h7-8,10-13,15H,5-6,9H2,1-4H3,(H,26,30). The molecule has 1 aliphatic carbocycles. The van der Waals surface area contributed by atoms with Crippen LogP contribution in [0.4, 0.5) is 5.82 Å². The van der Waals surface area contributed by atoms with E-state index in [4.69, 9.17) is 4.98 Å². The monoisotopic (exact) mass is 490 g/mol. The summed E-state index contributed by atoms with van der Waals surface area (Å²) >= 11 is -1.09. The molecule has 0 aromatic carbocycles. The highest BCUT2D eigenvalue weighted by molar-refractivity contribution is 7.90. The van der Waals surface area contributed by atoms with Crippen molar-refractivity contribution in [3.05, 3.63) is 58.3 Å². The van der Waals surface area contributed by atoms with Crippen LogP contribution in [0.5, 0.6) is 0 Å². The fraction of sp³-hybridized carbons (Fsp3) is 0.375. The first-order chi connectivity index (χ1) is 16.8. The maximum absolute atomic E-state index is 13.4. The quantitative estimate of drug-likeness (QED) is 0.388. The van der Waals surface area contributed by atoms with Crippen LogP contribution >= 0.6 is 0 Å². The molecule has 1 atom stereocenters. The van der Waals surface area contributed by atoms with Crippen molar-refractivity contribution in [1.29, 1.82) is 0 Å². The van der Waals surface area contributed by atoms with Crippen molar-refractivity contribution in [1.82, 2.24) is 34.5 Å². The van der Waals surface area contributed by atoms with Crippen LogP contribution in [0.3, 0.4) is 0 Å². The third kappa shape index (κ3) is 4.61. The lowest BCUT2D eigenvalue weighted by molar-refractivity contribution is 0.593. The number of rotatable bonds is 7. The Morgan fingerprint density at radius 3 is 2.60 bits per heavy atom. The Morgan fingerprint density at radius 2 is 1.94 bits per heavy atom. The molecule has 1 fully saturated rings. The minimum absolute atomic E-state index is 0.149. The van der Waals surface area contributed by atoms with E-state index in [1.807, 2.05) is 20.8 Å². The van der Waals surface area contributed by atoms with Gasteiger partial charge in [-0.3, -0.25) is 14.3 Å². The van der Waals surface area contributed by atoms with Gasteiger partial charge in [0.15, 0.2) is 22.2 Å². The van der Waals surface area contributed by atoms with E-state index in [-0.39, 0.29) is 17.4 Å². The van der Waals surface area contributed by atoms with Gasteiger partial charge in [0, 0.05) is 12.0 Å². The van der Waals surface area contributed by atoms with Gasteiger partial charge in [0.05, 0.1) is 41.6 Å². The topological polar surface area (TPSA) is 134 Å². The number of hydrogen-bond donors (Lipinski definition) is 1. The first-order valence-corrected chi connectivity index (χ1v) is 13.0. The second-order valence-corrected chi connectivity index (χ2v) is 10.3. The molecule has 1 N–H and O–H groups in total. The second kappa shape index (κ2) is 9.31. The van der Waals surface area contributed by atoms with E-state index < -0.39 is 11.2 Å². The first kappa shape index (κ1) is 23.3. The summed E-state index contributed by atoms with van der Waals surface area (Å²) in [4.78, 5) is 41.1. The third-order valence-corrected chi connectivity index (χ3v) is 6.87.